The van der Waals surface area contributed by atoms with Gasteiger partial charge >= 0.3 is 0 Å². The molecule has 1 nitrogen and oxygen atoms in total. The molecule has 0 bridgehead atoms. The van der Waals surface area contributed by atoms with Gasteiger partial charge in [-0.05, 0) is 55.9 Å². The predicted octanol–water partition coefficient (Wildman–Crippen LogP) is 13.6. The molecule has 0 N–H and O–H groups in total. The number of benzene rings is 9. The number of anilines is 3. The quantitative estimate of drug-likeness (QED) is 0.167. The van der Waals surface area contributed by atoms with Crippen LogP contribution in [0.2, 0.25) is 0 Å². The highest BCUT2D eigenvalue weighted by atomic mass is 15.2. The molecule has 0 amide bonds. The third-order valence-corrected chi connectivity index (χ3v) is 9.65. The minimum absolute atomic E-state index is 1.13. The largest absolute Gasteiger partial charge is 0.308 e. The summed E-state index contributed by atoms with van der Waals surface area (Å²) in [5.74, 6) is 0. The molecule has 0 heterocycles. The van der Waals surface area contributed by atoms with E-state index in [0.717, 1.165) is 11.4 Å². The molecule has 0 spiro atoms. The summed E-state index contributed by atoms with van der Waals surface area (Å²) in [7, 11) is 0. The van der Waals surface area contributed by atoms with Gasteiger partial charge in [-0.15, -0.1) is 0 Å². The fourth-order valence-corrected chi connectivity index (χ4v) is 7.41. The number of rotatable bonds is 6. The molecule has 9 aromatic carbocycles. The minimum Gasteiger partial charge on any atom is -0.308 e. The van der Waals surface area contributed by atoms with E-state index in [1.165, 1.54) is 71.4 Å². The van der Waals surface area contributed by atoms with Crippen molar-refractivity contribution in [1.29, 1.82) is 0 Å². The average molecular weight is 624 g/mol. The molecule has 0 aliphatic rings. The number of nitrogens with zero attached hydrogens (tertiary/aromatic N) is 1. The van der Waals surface area contributed by atoms with Gasteiger partial charge in [0.2, 0.25) is 0 Å². The summed E-state index contributed by atoms with van der Waals surface area (Å²) in [4.78, 5) is 2.53. The van der Waals surface area contributed by atoms with Crippen LogP contribution in [0.5, 0.6) is 0 Å². The minimum atomic E-state index is 1.13. The molecule has 0 saturated carbocycles. The monoisotopic (exact) mass is 623 g/mol. The van der Waals surface area contributed by atoms with E-state index in [1.54, 1.807) is 0 Å². The van der Waals surface area contributed by atoms with Crippen LogP contribution in [0.3, 0.4) is 0 Å². The highest BCUT2D eigenvalue weighted by Gasteiger charge is 2.26. The zero-order valence-corrected chi connectivity index (χ0v) is 27.0. The summed E-state index contributed by atoms with van der Waals surface area (Å²) in [5.41, 5.74) is 10.6. The van der Waals surface area contributed by atoms with Crippen LogP contribution in [0.25, 0.3) is 65.7 Å². The van der Waals surface area contributed by atoms with Gasteiger partial charge in [-0.2, -0.15) is 0 Å². The van der Waals surface area contributed by atoms with Crippen molar-refractivity contribution in [2.45, 2.75) is 0 Å². The first-order valence-electron chi connectivity index (χ1n) is 16.9. The summed E-state index contributed by atoms with van der Waals surface area (Å²) >= 11 is 0. The molecule has 0 aliphatic heterocycles. The van der Waals surface area contributed by atoms with Crippen molar-refractivity contribution in [3.05, 3.63) is 200 Å². The Morgan fingerprint density at radius 1 is 0.265 bits per heavy atom. The summed E-state index contributed by atoms with van der Waals surface area (Å²) in [6, 6.07) is 72.5. The van der Waals surface area contributed by atoms with Gasteiger partial charge < -0.3 is 4.90 Å². The lowest BCUT2D eigenvalue weighted by Crippen LogP contribution is -2.14. The molecule has 9 rings (SSSR count). The molecule has 0 atom stereocenters. The van der Waals surface area contributed by atoms with E-state index in [0.29, 0.717) is 0 Å². The third kappa shape index (κ3) is 5.04. The summed E-state index contributed by atoms with van der Waals surface area (Å²) in [6.45, 7) is 0. The number of para-hydroxylation sites is 1. The number of hydrogen-bond donors (Lipinski definition) is 0. The fourth-order valence-electron chi connectivity index (χ4n) is 7.41. The topological polar surface area (TPSA) is 3.24 Å². The van der Waals surface area contributed by atoms with Crippen molar-refractivity contribution in [1.82, 2.24) is 0 Å². The summed E-state index contributed by atoms with van der Waals surface area (Å²) in [5, 5.41) is 7.33. The average Bonchev–Trinajstić information content (AvgIpc) is 3.19. The number of hydrogen-bond acceptors (Lipinski definition) is 1. The van der Waals surface area contributed by atoms with Gasteiger partial charge in [-0.25, -0.2) is 0 Å². The van der Waals surface area contributed by atoms with E-state index in [4.69, 9.17) is 0 Å². The molecule has 0 unspecified atom stereocenters. The van der Waals surface area contributed by atoms with Crippen molar-refractivity contribution in [3.8, 4) is 33.4 Å². The first-order valence-corrected chi connectivity index (χ1v) is 16.9. The second-order valence-electron chi connectivity index (χ2n) is 12.5. The van der Waals surface area contributed by atoms with Gasteiger partial charge in [0.15, 0.2) is 0 Å². The maximum absolute atomic E-state index is 2.53. The van der Waals surface area contributed by atoms with E-state index >= 15 is 0 Å². The van der Waals surface area contributed by atoms with E-state index in [9.17, 15) is 0 Å². The first kappa shape index (κ1) is 28.8. The first-order chi connectivity index (χ1) is 24.3. The standard InChI is InChI=1S/C48H33N/c1-3-16-34(17-4-1)35-30-32-38(33-31-35)47-43-26-11-9-24-41(43)42-25-10-12-27-44(42)48(47)49(46-29-15-21-37-20-7-8-22-40(37)46)45-28-14-13-23-39(45)36-18-5-2-6-19-36/h1-33H. The smallest absolute Gasteiger partial charge is 0.0625 e. The summed E-state index contributed by atoms with van der Waals surface area (Å²) in [6.07, 6.45) is 0. The Balaban J connectivity index is 1.43. The van der Waals surface area contributed by atoms with Gasteiger partial charge in [0.25, 0.3) is 0 Å². The molecule has 230 valence electrons. The van der Waals surface area contributed by atoms with Crippen molar-refractivity contribution >= 4 is 49.4 Å². The van der Waals surface area contributed by atoms with Crippen LogP contribution in [-0.2, 0) is 0 Å². The fraction of sp³-hybridized carbons (Fsp3) is 0. The van der Waals surface area contributed by atoms with Gasteiger partial charge in [-0.3, -0.25) is 0 Å². The maximum atomic E-state index is 2.53. The Morgan fingerprint density at radius 2 is 0.735 bits per heavy atom. The molecular weight excluding hydrogens is 591 g/mol. The van der Waals surface area contributed by atoms with Crippen LogP contribution in [0.15, 0.2) is 200 Å². The van der Waals surface area contributed by atoms with Crippen LogP contribution in [0, 0.1) is 0 Å². The third-order valence-electron chi connectivity index (χ3n) is 9.65. The normalized spacial score (nSPS) is 11.3. The lowest BCUT2D eigenvalue weighted by atomic mass is 9.88. The second-order valence-corrected chi connectivity index (χ2v) is 12.5. The molecule has 0 aliphatic carbocycles. The Bertz CT molecular complexity index is 2580. The lowest BCUT2D eigenvalue weighted by molar-refractivity contribution is 1.32. The zero-order valence-electron chi connectivity index (χ0n) is 27.0. The van der Waals surface area contributed by atoms with E-state index in [1.807, 2.05) is 0 Å². The highest BCUT2D eigenvalue weighted by Crippen LogP contribution is 2.52. The molecule has 0 aromatic heterocycles. The van der Waals surface area contributed by atoms with Crippen LogP contribution in [-0.4, -0.2) is 0 Å². The molecule has 0 fully saturated rings. The Hall–Kier alpha value is -6.44. The van der Waals surface area contributed by atoms with E-state index in [2.05, 4.69) is 205 Å². The van der Waals surface area contributed by atoms with E-state index < -0.39 is 0 Å². The zero-order chi connectivity index (χ0) is 32.6. The highest BCUT2D eigenvalue weighted by molar-refractivity contribution is 6.23. The van der Waals surface area contributed by atoms with Crippen LogP contribution in [0.1, 0.15) is 0 Å². The molecular formula is C48H33N. The Morgan fingerprint density at radius 3 is 1.47 bits per heavy atom. The lowest BCUT2D eigenvalue weighted by Gasteiger charge is -2.33. The molecule has 1 heteroatoms. The van der Waals surface area contributed by atoms with Gasteiger partial charge in [0.1, 0.15) is 0 Å². The van der Waals surface area contributed by atoms with Crippen molar-refractivity contribution < 1.29 is 0 Å². The van der Waals surface area contributed by atoms with Gasteiger partial charge in [0.05, 0.1) is 17.1 Å². The Labute approximate surface area is 287 Å². The van der Waals surface area contributed by atoms with Crippen LogP contribution < -0.4 is 4.90 Å². The van der Waals surface area contributed by atoms with Crippen LogP contribution in [0.4, 0.5) is 17.1 Å². The van der Waals surface area contributed by atoms with Crippen LogP contribution >= 0.6 is 0 Å². The molecule has 49 heavy (non-hydrogen) atoms. The van der Waals surface area contributed by atoms with Gasteiger partial charge in [-0.1, -0.05) is 188 Å². The number of fused-ring (bicyclic) bond motifs is 4. The SMILES string of the molecule is c1ccc(-c2ccc(-c3c(N(c4ccccc4-c4ccccc4)c4cccc5ccccc45)c4ccccc4c4ccccc34)cc2)cc1. The predicted molar refractivity (Wildman–Crippen MR) is 210 cm³/mol. The second kappa shape index (κ2) is 12.3. The molecule has 9 aromatic rings. The molecule has 0 saturated heterocycles. The Kier molecular flexibility index (Phi) is 7.22. The van der Waals surface area contributed by atoms with E-state index in [-0.39, 0.29) is 0 Å². The van der Waals surface area contributed by atoms with Gasteiger partial charge in [0, 0.05) is 21.9 Å². The van der Waals surface area contributed by atoms with Crippen molar-refractivity contribution in [2.24, 2.45) is 0 Å². The summed E-state index contributed by atoms with van der Waals surface area (Å²) < 4.78 is 0. The van der Waals surface area contributed by atoms with Crippen molar-refractivity contribution in [3.63, 3.8) is 0 Å². The maximum Gasteiger partial charge on any atom is 0.0625 e. The van der Waals surface area contributed by atoms with Crippen molar-refractivity contribution in [2.75, 3.05) is 4.90 Å². The molecule has 0 radical (unpaired) electrons.